The van der Waals surface area contributed by atoms with Gasteiger partial charge in [-0.2, -0.15) is 0 Å². The highest BCUT2D eigenvalue weighted by molar-refractivity contribution is 5.85. The van der Waals surface area contributed by atoms with E-state index in [4.69, 9.17) is 0 Å². The fourth-order valence-electron chi connectivity index (χ4n) is 2.55. The molecular weight excluding hydrogens is 289 g/mol. The standard InChI is InChI=1S/C14H19F3N2.ClH/c1-10-2-3-12(15)11(8-10)13(9-14(16)17)19-6-4-18-5-7-19;/h2-3,8,13-14,18H,4-7,9H2,1H3;1H/t13-;/m1./s1. The molecule has 6 heteroatoms. The van der Waals surface area contributed by atoms with Crippen molar-refractivity contribution in [3.05, 3.63) is 35.1 Å². The predicted molar refractivity (Wildman–Crippen MR) is 76.2 cm³/mol. The van der Waals surface area contributed by atoms with Crippen molar-refractivity contribution >= 4 is 12.4 Å². The molecule has 1 aromatic rings. The molecule has 1 fully saturated rings. The van der Waals surface area contributed by atoms with Crippen LogP contribution in [0, 0.1) is 12.7 Å². The summed E-state index contributed by atoms with van der Waals surface area (Å²) >= 11 is 0. The van der Waals surface area contributed by atoms with Crippen molar-refractivity contribution < 1.29 is 13.2 Å². The van der Waals surface area contributed by atoms with E-state index < -0.39 is 18.3 Å². The Labute approximate surface area is 123 Å². The number of hydrogen-bond acceptors (Lipinski definition) is 2. The molecule has 2 nitrogen and oxygen atoms in total. The van der Waals surface area contributed by atoms with Crippen molar-refractivity contribution in [2.24, 2.45) is 0 Å². The van der Waals surface area contributed by atoms with Gasteiger partial charge < -0.3 is 5.32 Å². The SMILES string of the molecule is Cc1ccc(F)c([C@@H](CC(F)F)N2CCNCC2)c1.Cl. The third-order valence-corrected chi connectivity index (χ3v) is 3.50. The molecule has 0 saturated carbocycles. The predicted octanol–water partition coefficient (Wildman–Crippen LogP) is 3.16. The van der Waals surface area contributed by atoms with Crippen LogP contribution in [0.3, 0.4) is 0 Å². The van der Waals surface area contributed by atoms with E-state index in [1.54, 1.807) is 12.1 Å². The van der Waals surface area contributed by atoms with Crippen LogP contribution in [0.15, 0.2) is 18.2 Å². The van der Waals surface area contributed by atoms with Gasteiger partial charge in [0.15, 0.2) is 0 Å². The maximum atomic E-state index is 13.9. The lowest BCUT2D eigenvalue weighted by Crippen LogP contribution is -2.45. The monoisotopic (exact) mass is 308 g/mol. The minimum Gasteiger partial charge on any atom is -0.314 e. The third-order valence-electron chi connectivity index (χ3n) is 3.50. The summed E-state index contributed by atoms with van der Waals surface area (Å²) in [6, 6.07) is 4.17. The molecule has 0 bridgehead atoms. The van der Waals surface area contributed by atoms with Gasteiger partial charge in [0.05, 0.1) is 0 Å². The normalized spacial score (nSPS) is 17.9. The van der Waals surface area contributed by atoms with Gasteiger partial charge in [-0.15, -0.1) is 12.4 Å². The van der Waals surface area contributed by atoms with Gasteiger partial charge in [-0.25, -0.2) is 13.2 Å². The zero-order valence-electron chi connectivity index (χ0n) is 11.4. The molecule has 0 aliphatic carbocycles. The Bertz CT molecular complexity index is 423. The summed E-state index contributed by atoms with van der Waals surface area (Å²) in [6.07, 6.45) is -2.75. The van der Waals surface area contributed by atoms with Crippen LogP contribution in [0.25, 0.3) is 0 Å². The molecule has 0 radical (unpaired) electrons. The van der Waals surface area contributed by atoms with E-state index in [0.717, 1.165) is 18.7 Å². The topological polar surface area (TPSA) is 15.3 Å². The summed E-state index contributed by atoms with van der Waals surface area (Å²) in [5, 5.41) is 3.18. The fraction of sp³-hybridized carbons (Fsp3) is 0.571. The first-order chi connectivity index (χ1) is 9.08. The van der Waals surface area contributed by atoms with Gasteiger partial charge in [-0.05, 0) is 13.0 Å². The van der Waals surface area contributed by atoms with E-state index >= 15 is 0 Å². The van der Waals surface area contributed by atoms with Crippen LogP contribution in [0.5, 0.6) is 0 Å². The summed E-state index contributed by atoms with van der Waals surface area (Å²) in [6.45, 7) is 4.70. The lowest BCUT2D eigenvalue weighted by molar-refractivity contribution is 0.0725. The van der Waals surface area contributed by atoms with Crippen LogP contribution in [0.2, 0.25) is 0 Å². The number of nitrogens with zero attached hydrogens (tertiary/aromatic N) is 1. The second-order valence-electron chi connectivity index (χ2n) is 4.95. The second kappa shape index (κ2) is 7.86. The van der Waals surface area contributed by atoms with Gasteiger partial charge >= 0.3 is 0 Å². The lowest BCUT2D eigenvalue weighted by atomic mass is 9.99. The number of alkyl halides is 2. The second-order valence-corrected chi connectivity index (χ2v) is 4.95. The van der Waals surface area contributed by atoms with Crippen molar-refractivity contribution in [2.45, 2.75) is 25.8 Å². The minimum absolute atomic E-state index is 0. The molecule has 1 heterocycles. The summed E-state index contributed by atoms with van der Waals surface area (Å²) in [5.41, 5.74) is 1.29. The molecule has 114 valence electrons. The Morgan fingerprint density at radius 1 is 1.25 bits per heavy atom. The van der Waals surface area contributed by atoms with E-state index in [2.05, 4.69) is 5.32 Å². The first-order valence-electron chi connectivity index (χ1n) is 6.57. The molecule has 0 aromatic heterocycles. The molecule has 1 saturated heterocycles. The van der Waals surface area contributed by atoms with E-state index in [1.807, 2.05) is 11.8 Å². The highest BCUT2D eigenvalue weighted by Crippen LogP contribution is 2.30. The van der Waals surface area contributed by atoms with Crippen molar-refractivity contribution in [2.75, 3.05) is 26.2 Å². The number of hydrogen-bond donors (Lipinski definition) is 1. The smallest absolute Gasteiger partial charge is 0.240 e. The average Bonchev–Trinajstić information content (AvgIpc) is 2.40. The Morgan fingerprint density at radius 3 is 2.50 bits per heavy atom. The van der Waals surface area contributed by atoms with E-state index in [-0.39, 0.29) is 18.8 Å². The van der Waals surface area contributed by atoms with E-state index in [0.29, 0.717) is 18.7 Å². The Morgan fingerprint density at radius 2 is 1.90 bits per heavy atom. The summed E-state index contributed by atoms with van der Waals surface area (Å²) in [7, 11) is 0. The quantitative estimate of drug-likeness (QED) is 0.919. The Hall–Kier alpha value is -0.780. The number of piperazine rings is 1. The number of aryl methyl sites for hydroxylation is 1. The Kier molecular flexibility index (Phi) is 6.79. The van der Waals surface area contributed by atoms with Crippen molar-refractivity contribution in [1.29, 1.82) is 0 Å². The van der Waals surface area contributed by atoms with Gasteiger partial charge in [-0.3, -0.25) is 4.90 Å². The zero-order valence-corrected chi connectivity index (χ0v) is 12.2. The molecule has 1 aromatic carbocycles. The Balaban J connectivity index is 0.00000200. The number of halogens is 4. The van der Waals surface area contributed by atoms with Gasteiger partial charge in [0.25, 0.3) is 0 Å². The lowest BCUT2D eigenvalue weighted by Gasteiger charge is -2.35. The molecule has 0 amide bonds. The molecule has 1 aliphatic heterocycles. The summed E-state index contributed by atoms with van der Waals surface area (Å²) < 4.78 is 39.5. The first-order valence-corrected chi connectivity index (χ1v) is 6.57. The summed E-state index contributed by atoms with van der Waals surface area (Å²) in [4.78, 5) is 1.94. The molecule has 0 unspecified atom stereocenters. The highest BCUT2D eigenvalue weighted by atomic mass is 35.5. The van der Waals surface area contributed by atoms with Crippen LogP contribution in [-0.4, -0.2) is 37.5 Å². The third kappa shape index (κ3) is 4.36. The van der Waals surface area contributed by atoms with Gasteiger partial charge in [-0.1, -0.05) is 17.7 Å². The minimum atomic E-state index is -2.43. The van der Waals surface area contributed by atoms with Crippen LogP contribution < -0.4 is 5.32 Å². The molecular formula is C14H20ClF3N2. The van der Waals surface area contributed by atoms with Gasteiger partial charge in [0.2, 0.25) is 6.43 Å². The van der Waals surface area contributed by atoms with Gasteiger partial charge in [0, 0.05) is 44.2 Å². The molecule has 1 atom stereocenters. The van der Waals surface area contributed by atoms with Crippen molar-refractivity contribution in [3.63, 3.8) is 0 Å². The largest absolute Gasteiger partial charge is 0.314 e. The number of benzene rings is 1. The van der Waals surface area contributed by atoms with Gasteiger partial charge in [0.1, 0.15) is 5.82 Å². The molecule has 2 rings (SSSR count). The molecule has 20 heavy (non-hydrogen) atoms. The molecule has 1 aliphatic rings. The van der Waals surface area contributed by atoms with Crippen LogP contribution >= 0.6 is 12.4 Å². The fourth-order valence-corrected chi connectivity index (χ4v) is 2.55. The van der Waals surface area contributed by atoms with Crippen LogP contribution in [0.1, 0.15) is 23.6 Å². The summed E-state index contributed by atoms with van der Waals surface area (Å²) in [5.74, 6) is -0.394. The van der Waals surface area contributed by atoms with E-state index in [1.165, 1.54) is 6.07 Å². The molecule has 0 spiro atoms. The number of rotatable bonds is 4. The highest BCUT2D eigenvalue weighted by Gasteiger charge is 2.27. The first kappa shape index (κ1) is 17.3. The van der Waals surface area contributed by atoms with Crippen LogP contribution in [0.4, 0.5) is 13.2 Å². The van der Waals surface area contributed by atoms with Crippen molar-refractivity contribution in [3.8, 4) is 0 Å². The maximum absolute atomic E-state index is 13.9. The maximum Gasteiger partial charge on any atom is 0.240 e. The number of nitrogens with one attached hydrogen (secondary N) is 1. The van der Waals surface area contributed by atoms with Crippen molar-refractivity contribution in [1.82, 2.24) is 10.2 Å². The van der Waals surface area contributed by atoms with E-state index in [9.17, 15) is 13.2 Å². The average molecular weight is 309 g/mol. The zero-order chi connectivity index (χ0) is 13.8. The van der Waals surface area contributed by atoms with Crippen LogP contribution in [-0.2, 0) is 0 Å². The molecule has 1 N–H and O–H groups in total.